The monoisotopic (exact) mass is 863 g/mol. The number of hydrogen-bond acceptors (Lipinski definition) is 6. The second kappa shape index (κ2) is 19.2. The molecule has 3 aliphatic rings. The molecule has 1 N–H and O–H groups in total. The Morgan fingerprint density at radius 1 is 0.903 bits per heavy atom. The van der Waals surface area contributed by atoms with Crippen LogP contribution < -0.4 is 19.9 Å². The van der Waals surface area contributed by atoms with Crippen molar-refractivity contribution in [3.05, 3.63) is 183 Å². The number of halogens is 4. The molecule has 62 heavy (non-hydrogen) atoms. The van der Waals surface area contributed by atoms with Crippen molar-refractivity contribution in [3.63, 3.8) is 0 Å². The quantitative estimate of drug-likeness (QED) is 0.143. The van der Waals surface area contributed by atoms with Crippen LogP contribution in [0.4, 0.5) is 24.5 Å². The Morgan fingerprint density at radius 3 is 2.34 bits per heavy atom. The second-order valence-electron chi connectivity index (χ2n) is 16.0. The van der Waals surface area contributed by atoms with E-state index in [9.17, 15) is 18.0 Å². The molecule has 2 aliphatic heterocycles. The molecule has 0 radical (unpaired) electrons. The predicted molar refractivity (Wildman–Crippen MR) is 241 cm³/mol. The number of allylic oxidation sites excluding steroid dienone is 2. The highest BCUT2D eigenvalue weighted by Crippen LogP contribution is 2.50. The number of anilines is 2. The first kappa shape index (κ1) is 44.5. The molecule has 5 aromatic rings. The van der Waals surface area contributed by atoms with Gasteiger partial charge >= 0.3 is 6.18 Å². The van der Waals surface area contributed by atoms with E-state index in [-0.39, 0.29) is 18.1 Å². The molecule has 8 rings (SSSR count). The van der Waals surface area contributed by atoms with E-state index in [0.29, 0.717) is 30.1 Å². The van der Waals surface area contributed by atoms with E-state index in [4.69, 9.17) is 25.8 Å². The van der Waals surface area contributed by atoms with Gasteiger partial charge in [-0.25, -0.2) is 0 Å². The molecule has 7 nitrogen and oxygen atoms in total. The van der Waals surface area contributed by atoms with Crippen molar-refractivity contribution >= 4 is 28.9 Å². The molecule has 1 aliphatic carbocycles. The fraction of sp³-hybridized carbons (Fsp3) is 0.314. The lowest BCUT2D eigenvalue weighted by Gasteiger charge is -2.44. The summed E-state index contributed by atoms with van der Waals surface area (Å²) in [7, 11) is 5.29. The molecule has 0 fully saturated rings. The summed E-state index contributed by atoms with van der Waals surface area (Å²) in [5, 5.41) is 4.19. The van der Waals surface area contributed by atoms with Crippen LogP contribution >= 0.6 is 11.6 Å². The molecule has 324 valence electrons. The van der Waals surface area contributed by atoms with Crippen molar-refractivity contribution in [1.82, 2.24) is 5.32 Å². The first-order valence-corrected chi connectivity index (χ1v) is 21.3. The third-order valence-electron chi connectivity index (χ3n) is 12.0. The third-order valence-corrected chi connectivity index (χ3v) is 12.3. The Morgan fingerprint density at radius 2 is 1.65 bits per heavy atom. The lowest BCUT2D eigenvalue weighted by atomic mass is 9.66. The van der Waals surface area contributed by atoms with E-state index in [2.05, 4.69) is 49.5 Å². The van der Waals surface area contributed by atoms with Crippen molar-refractivity contribution in [1.29, 1.82) is 0 Å². The van der Waals surface area contributed by atoms with Crippen molar-refractivity contribution in [2.75, 3.05) is 37.6 Å². The van der Waals surface area contributed by atoms with Crippen LogP contribution in [0.5, 0.6) is 5.75 Å². The summed E-state index contributed by atoms with van der Waals surface area (Å²) in [5.41, 5.74) is 7.80. The maximum atomic E-state index is 12.9. The van der Waals surface area contributed by atoms with Crippen LogP contribution in [-0.4, -0.2) is 45.9 Å². The molecule has 3 atom stereocenters. The molecule has 0 bridgehead atoms. The van der Waals surface area contributed by atoms with Gasteiger partial charge in [-0.2, -0.15) is 13.2 Å². The van der Waals surface area contributed by atoms with Gasteiger partial charge in [0.1, 0.15) is 16.9 Å². The average Bonchev–Trinajstić information content (AvgIpc) is 3.28. The third kappa shape index (κ3) is 9.43. The minimum absolute atomic E-state index is 0.0544. The van der Waals surface area contributed by atoms with Crippen LogP contribution in [-0.2, 0) is 58.3 Å². The molecule has 0 saturated heterocycles. The zero-order valence-electron chi connectivity index (χ0n) is 35.8. The van der Waals surface area contributed by atoms with Crippen LogP contribution in [0.2, 0.25) is 5.02 Å². The van der Waals surface area contributed by atoms with Gasteiger partial charge in [-0.3, -0.25) is 4.79 Å². The smallest absolute Gasteiger partial charge is 0.416 e. The first-order valence-electron chi connectivity index (χ1n) is 21.0. The number of carbonyl (C=O) groups is 1. The molecule has 11 heteroatoms. The zero-order valence-corrected chi connectivity index (χ0v) is 36.5. The number of carbonyl (C=O) groups excluding carboxylic acids is 1. The zero-order chi connectivity index (χ0) is 44.0. The van der Waals surface area contributed by atoms with Gasteiger partial charge in [-0.15, -0.1) is 0 Å². The summed E-state index contributed by atoms with van der Waals surface area (Å²) in [5.74, 6) is 1.72. The minimum Gasteiger partial charge on any atom is -0.500 e. The number of rotatable bonds is 11. The van der Waals surface area contributed by atoms with E-state index in [1.165, 1.54) is 23.3 Å². The van der Waals surface area contributed by atoms with Crippen LogP contribution in [0.25, 0.3) is 0 Å². The maximum absolute atomic E-state index is 12.9. The molecular formula is C51H53ClF3N3O4. The highest BCUT2D eigenvalue weighted by molar-refractivity contribution is 6.30. The van der Waals surface area contributed by atoms with Crippen LogP contribution in [0.15, 0.2) is 133 Å². The van der Waals surface area contributed by atoms with E-state index in [0.717, 1.165) is 77.1 Å². The summed E-state index contributed by atoms with van der Waals surface area (Å²) in [6.07, 6.45) is 3.91. The summed E-state index contributed by atoms with van der Waals surface area (Å²) < 4.78 is 57.5. The summed E-state index contributed by atoms with van der Waals surface area (Å²) in [6.45, 7) is 6.94. The predicted octanol–water partition coefficient (Wildman–Crippen LogP) is 11.0. The fourth-order valence-corrected chi connectivity index (χ4v) is 8.69. The maximum Gasteiger partial charge on any atom is 0.416 e. The first-order chi connectivity index (χ1) is 29.8. The molecule has 2 unspecified atom stereocenters. The largest absolute Gasteiger partial charge is 0.500 e. The van der Waals surface area contributed by atoms with Gasteiger partial charge in [0.05, 0.1) is 45.0 Å². The van der Waals surface area contributed by atoms with Gasteiger partial charge in [0, 0.05) is 42.1 Å². The molecule has 5 aromatic carbocycles. The van der Waals surface area contributed by atoms with Crippen molar-refractivity contribution in [3.8, 4) is 5.75 Å². The van der Waals surface area contributed by atoms with Gasteiger partial charge in [0.15, 0.2) is 0 Å². The Hall–Kier alpha value is -5.55. The normalized spacial score (nSPS) is 18.7. The van der Waals surface area contributed by atoms with E-state index in [1.54, 1.807) is 25.2 Å². The average molecular weight is 864 g/mol. The molecule has 1 amide bonds. The SMILES string of the molecule is CC[C@@H](C)OC1C=CC=C(OC)C1(c1ccc(Cl)cc1)c1cc2c(cc1OC)CCNC2.CN(Cc1cccc(C(F)(F)F)c1)c1ccc(N2Cc3ccccc3CC2=O)cc1. The number of methoxy groups -OCH3 is 2. The lowest BCUT2D eigenvalue weighted by Crippen LogP contribution is -2.46. The van der Waals surface area contributed by atoms with Crippen LogP contribution in [0.1, 0.15) is 64.8 Å². The standard InChI is InChI=1S/C27H32ClNO3.C24H21F3N2O/c1-5-18(2)32-26-8-6-7-25(31-4)27(26,21-9-11-22(28)12-10-21)23-15-20-17-29-14-13-19(20)16-24(23)30-3;1-28(15-17-5-4-8-20(13-17)24(25,26)27)21-9-11-22(12-10-21)29-16-19-7-3-2-6-18(19)14-23(29)30/h6-12,15-16,18,26,29H,5,13-14,17H2,1-4H3;2-13H,14-16H2,1H3/t18-,26?,27?;/m1./s1. The van der Waals surface area contributed by atoms with Gasteiger partial charge in [-0.05, 0) is 126 Å². The number of amides is 1. The Balaban J connectivity index is 0.000000187. The van der Waals surface area contributed by atoms with Crippen LogP contribution in [0, 0.1) is 0 Å². The van der Waals surface area contributed by atoms with Gasteiger partial charge < -0.3 is 29.3 Å². The number of hydrogen-bond donors (Lipinski definition) is 1. The van der Waals surface area contributed by atoms with Gasteiger partial charge in [0.2, 0.25) is 5.91 Å². The summed E-state index contributed by atoms with van der Waals surface area (Å²) in [6, 6.07) is 33.3. The number of benzene rings is 5. The molecule has 2 heterocycles. The highest BCUT2D eigenvalue weighted by atomic mass is 35.5. The van der Waals surface area contributed by atoms with Gasteiger partial charge in [-0.1, -0.05) is 79.2 Å². The molecular weight excluding hydrogens is 811 g/mol. The number of fused-ring (bicyclic) bond motifs is 2. The lowest BCUT2D eigenvalue weighted by molar-refractivity contribution is -0.137. The Kier molecular flexibility index (Phi) is 13.8. The van der Waals surface area contributed by atoms with Crippen LogP contribution in [0.3, 0.4) is 0 Å². The minimum atomic E-state index is -4.35. The van der Waals surface area contributed by atoms with Crippen molar-refractivity contribution in [2.45, 2.75) is 76.5 Å². The fourth-order valence-electron chi connectivity index (χ4n) is 8.57. The molecule has 0 aromatic heterocycles. The second-order valence-corrected chi connectivity index (χ2v) is 16.4. The number of ether oxygens (including phenoxy) is 3. The van der Waals surface area contributed by atoms with E-state index >= 15 is 0 Å². The Bertz CT molecular complexity index is 2420. The van der Waals surface area contributed by atoms with E-state index < -0.39 is 17.2 Å². The number of nitrogens with one attached hydrogen (secondary N) is 1. The summed E-state index contributed by atoms with van der Waals surface area (Å²) in [4.78, 5) is 16.2. The van der Waals surface area contributed by atoms with Gasteiger partial charge in [0.25, 0.3) is 0 Å². The molecule has 0 saturated carbocycles. The number of nitrogens with zero attached hydrogens (tertiary/aromatic N) is 2. The van der Waals surface area contributed by atoms with E-state index in [1.807, 2.05) is 84.8 Å². The number of alkyl halides is 3. The highest BCUT2D eigenvalue weighted by Gasteiger charge is 2.50. The van der Waals surface area contributed by atoms with Crippen molar-refractivity contribution < 1.29 is 32.2 Å². The summed E-state index contributed by atoms with van der Waals surface area (Å²) >= 11 is 6.28. The van der Waals surface area contributed by atoms with Crippen molar-refractivity contribution in [2.24, 2.45) is 0 Å². The molecule has 0 spiro atoms. The topological polar surface area (TPSA) is 63.3 Å². The Labute approximate surface area is 367 Å².